The van der Waals surface area contributed by atoms with E-state index in [1.54, 1.807) is 6.07 Å². The van der Waals surface area contributed by atoms with Gasteiger partial charge in [0.25, 0.3) is 0 Å². The third-order valence-corrected chi connectivity index (χ3v) is 5.68. The van der Waals surface area contributed by atoms with Gasteiger partial charge in [-0.1, -0.05) is 77.0 Å². The Morgan fingerprint density at radius 1 is 0.824 bits per heavy atom. The molecule has 2 aromatic carbocycles. The third kappa shape index (κ3) is 10.6. The zero-order chi connectivity index (χ0) is 24.6. The van der Waals surface area contributed by atoms with E-state index >= 15 is 0 Å². The van der Waals surface area contributed by atoms with Crippen LogP contribution in [0.15, 0.2) is 42.5 Å². The Labute approximate surface area is 204 Å². The Balaban J connectivity index is 1.77. The standard InChI is InChI=1S/C29H41FO4/c1-4-6-8-9-10-12-20-32-28-19-16-25(21-27(28)30)24-14-17-26(18-15-24)33-22-23(3)34-29(31)13-11-7-5-2/h14-19,21,23H,4-13,20,22H2,1-3H3. The number of hydrogen-bond acceptors (Lipinski definition) is 4. The second-order valence-corrected chi connectivity index (χ2v) is 8.85. The lowest BCUT2D eigenvalue weighted by atomic mass is 10.1. The number of carbonyl (C=O) groups excluding carboxylic acids is 1. The lowest BCUT2D eigenvalue weighted by Gasteiger charge is -2.15. The van der Waals surface area contributed by atoms with Crippen molar-refractivity contribution in [2.75, 3.05) is 13.2 Å². The molecule has 0 heterocycles. The van der Waals surface area contributed by atoms with Crippen molar-refractivity contribution in [1.82, 2.24) is 0 Å². The number of halogens is 1. The molecule has 2 rings (SSSR count). The lowest BCUT2D eigenvalue weighted by Crippen LogP contribution is -2.21. The molecule has 2 aromatic rings. The van der Waals surface area contributed by atoms with Crippen molar-refractivity contribution in [3.05, 3.63) is 48.3 Å². The number of carbonyl (C=O) groups is 1. The second kappa shape index (κ2) is 16.1. The molecular weight excluding hydrogens is 431 g/mol. The van der Waals surface area contributed by atoms with Crippen molar-refractivity contribution in [3.63, 3.8) is 0 Å². The Morgan fingerprint density at radius 2 is 1.47 bits per heavy atom. The first-order valence-electron chi connectivity index (χ1n) is 12.9. The van der Waals surface area contributed by atoms with E-state index in [0.717, 1.165) is 43.2 Å². The molecule has 0 saturated heterocycles. The van der Waals surface area contributed by atoms with Gasteiger partial charge in [0.1, 0.15) is 18.5 Å². The smallest absolute Gasteiger partial charge is 0.306 e. The SMILES string of the molecule is CCCCCCCCOc1ccc(-c2ccc(OCC(C)OC(=O)CCCCC)cc2)cc1F. The summed E-state index contributed by atoms with van der Waals surface area (Å²) in [6.07, 6.45) is 10.2. The zero-order valence-corrected chi connectivity index (χ0v) is 21.1. The van der Waals surface area contributed by atoms with Crippen LogP contribution in [-0.4, -0.2) is 25.3 Å². The number of benzene rings is 2. The van der Waals surface area contributed by atoms with Crippen molar-refractivity contribution < 1.29 is 23.4 Å². The predicted octanol–water partition coefficient (Wildman–Crippen LogP) is 8.12. The van der Waals surface area contributed by atoms with Crippen LogP contribution in [0.1, 0.15) is 85.0 Å². The molecule has 0 spiro atoms. The van der Waals surface area contributed by atoms with Crippen LogP contribution >= 0.6 is 0 Å². The molecule has 188 valence electrons. The van der Waals surface area contributed by atoms with E-state index in [2.05, 4.69) is 13.8 Å². The van der Waals surface area contributed by atoms with Gasteiger partial charge in [0.2, 0.25) is 0 Å². The zero-order valence-electron chi connectivity index (χ0n) is 21.1. The van der Waals surface area contributed by atoms with Gasteiger partial charge in [0.05, 0.1) is 6.61 Å². The third-order valence-electron chi connectivity index (χ3n) is 5.68. The molecule has 0 N–H and O–H groups in total. The first-order chi connectivity index (χ1) is 16.5. The number of unbranched alkanes of at least 4 members (excludes halogenated alkanes) is 7. The minimum atomic E-state index is -0.349. The van der Waals surface area contributed by atoms with Gasteiger partial charge in [-0.15, -0.1) is 0 Å². The van der Waals surface area contributed by atoms with Crippen LogP contribution in [0.5, 0.6) is 11.5 Å². The van der Waals surface area contributed by atoms with Crippen molar-refractivity contribution in [2.45, 2.75) is 91.1 Å². The van der Waals surface area contributed by atoms with Gasteiger partial charge in [-0.25, -0.2) is 4.39 Å². The molecule has 0 aromatic heterocycles. The average molecular weight is 473 g/mol. The molecule has 5 heteroatoms. The number of ether oxygens (including phenoxy) is 3. The second-order valence-electron chi connectivity index (χ2n) is 8.85. The monoisotopic (exact) mass is 472 g/mol. The van der Waals surface area contributed by atoms with Crippen LogP contribution in [0, 0.1) is 5.82 Å². The Bertz CT molecular complexity index is 835. The van der Waals surface area contributed by atoms with Gasteiger partial charge in [0.15, 0.2) is 11.6 Å². The minimum absolute atomic E-state index is 0.179. The van der Waals surface area contributed by atoms with Crippen LogP contribution in [0.2, 0.25) is 0 Å². The molecule has 0 bridgehead atoms. The molecule has 0 aliphatic heterocycles. The Hall–Kier alpha value is -2.56. The number of hydrogen-bond donors (Lipinski definition) is 0. The minimum Gasteiger partial charge on any atom is -0.491 e. The van der Waals surface area contributed by atoms with Gasteiger partial charge >= 0.3 is 5.97 Å². The summed E-state index contributed by atoms with van der Waals surface area (Å²) in [6, 6.07) is 12.5. The summed E-state index contributed by atoms with van der Waals surface area (Å²) in [6.45, 7) is 6.96. The first-order valence-corrected chi connectivity index (χ1v) is 12.9. The molecular formula is C29H41FO4. The van der Waals surface area contributed by atoms with Gasteiger partial charge in [-0.05, 0) is 55.2 Å². The molecule has 4 nitrogen and oxygen atoms in total. The summed E-state index contributed by atoms with van der Waals surface area (Å²) < 4.78 is 31.3. The predicted molar refractivity (Wildman–Crippen MR) is 136 cm³/mol. The summed E-state index contributed by atoms with van der Waals surface area (Å²) >= 11 is 0. The maximum atomic E-state index is 14.5. The summed E-state index contributed by atoms with van der Waals surface area (Å²) in [5.74, 6) is 0.451. The van der Waals surface area contributed by atoms with E-state index in [-0.39, 0.29) is 24.5 Å². The van der Waals surface area contributed by atoms with E-state index < -0.39 is 0 Å². The van der Waals surface area contributed by atoms with E-state index in [0.29, 0.717) is 24.5 Å². The highest BCUT2D eigenvalue weighted by atomic mass is 19.1. The molecule has 0 aliphatic rings. The molecule has 0 saturated carbocycles. The van der Waals surface area contributed by atoms with E-state index in [1.165, 1.54) is 31.7 Å². The molecule has 0 aliphatic carbocycles. The first kappa shape index (κ1) is 27.7. The van der Waals surface area contributed by atoms with Crippen molar-refractivity contribution in [3.8, 4) is 22.6 Å². The van der Waals surface area contributed by atoms with E-state index in [9.17, 15) is 9.18 Å². The molecule has 0 radical (unpaired) electrons. The fraction of sp³-hybridized carbons (Fsp3) is 0.552. The van der Waals surface area contributed by atoms with Gasteiger partial charge < -0.3 is 14.2 Å². The Kier molecular flexibility index (Phi) is 13.1. The van der Waals surface area contributed by atoms with Crippen molar-refractivity contribution in [1.29, 1.82) is 0 Å². The highest BCUT2D eigenvalue weighted by molar-refractivity contribution is 5.69. The summed E-state index contributed by atoms with van der Waals surface area (Å²) in [4.78, 5) is 11.8. The molecule has 1 atom stereocenters. The molecule has 0 fully saturated rings. The summed E-state index contributed by atoms with van der Waals surface area (Å²) in [5, 5.41) is 0. The van der Waals surface area contributed by atoms with E-state index in [1.807, 2.05) is 37.3 Å². The largest absolute Gasteiger partial charge is 0.491 e. The maximum absolute atomic E-state index is 14.5. The van der Waals surface area contributed by atoms with Crippen LogP contribution in [0.25, 0.3) is 11.1 Å². The normalized spacial score (nSPS) is 11.8. The van der Waals surface area contributed by atoms with Crippen LogP contribution in [0.3, 0.4) is 0 Å². The fourth-order valence-corrected chi connectivity index (χ4v) is 3.66. The van der Waals surface area contributed by atoms with Crippen molar-refractivity contribution >= 4 is 5.97 Å². The molecule has 34 heavy (non-hydrogen) atoms. The van der Waals surface area contributed by atoms with Crippen molar-refractivity contribution in [2.24, 2.45) is 0 Å². The Morgan fingerprint density at radius 3 is 2.18 bits per heavy atom. The number of rotatable bonds is 17. The topological polar surface area (TPSA) is 44.8 Å². The highest BCUT2D eigenvalue weighted by Gasteiger charge is 2.11. The molecule has 1 unspecified atom stereocenters. The van der Waals surface area contributed by atoms with Gasteiger partial charge in [-0.2, -0.15) is 0 Å². The van der Waals surface area contributed by atoms with Crippen LogP contribution in [-0.2, 0) is 9.53 Å². The summed E-state index contributed by atoms with van der Waals surface area (Å²) in [5.41, 5.74) is 1.68. The average Bonchev–Trinajstić information content (AvgIpc) is 2.83. The van der Waals surface area contributed by atoms with Gasteiger partial charge in [-0.3, -0.25) is 4.79 Å². The quantitative estimate of drug-likeness (QED) is 0.172. The van der Waals surface area contributed by atoms with Crippen LogP contribution < -0.4 is 9.47 Å². The fourth-order valence-electron chi connectivity index (χ4n) is 3.66. The van der Waals surface area contributed by atoms with Gasteiger partial charge in [0, 0.05) is 6.42 Å². The highest BCUT2D eigenvalue weighted by Crippen LogP contribution is 2.27. The van der Waals surface area contributed by atoms with E-state index in [4.69, 9.17) is 14.2 Å². The van der Waals surface area contributed by atoms with Crippen LogP contribution in [0.4, 0.5) is 4.39 Å². The maximum Gasteiger partial charge on any atom is 0.306 e. The number of esters is 1. The summed E-state index contributed by atoms with van der Waals surface area (Å²) in [7, 11) is 0. The molecule has 0 amide bonds. The lowest BCUT2D eigenvalue weighted by molar-refractivity contribution is -0.149.